The lowest BCUT2D eigenvalue weighted by molar-refractivity contribution is 0.362. The molecule has 80 valence electrons. The van der Waals surface area contributed by atoms with E-state index in [-0.39, 0.29) is 0 Å². The van der Waals surface area contributed by atoms with Crippen LogP contribution in [0.5, 0.6) is 0 Å². The molecule has 2 unspecified atom stereocenters. The van der Waals surface area contributed by atoms with Crippen molar-refractivity contribution < 1.29 is 0 Å². The third-order valence-corrected chi connectivity index (χ3v) is 3.17. The Kier molecular flexibility index (Phi) is 3.93. The number of nitrogens with zero attached hydrogens (tertiary/aromatic N) is 3. The van der Waals surface area contributed by atoms with Gasteiger partial charge in [-0.05, 0) is 24.4 Å². The van der Waals surface area contributed by atoms with E-state index in [2.05, 4.69) is 37.9 Å². The van der Waals surface area contributed by atoms with Gasteiger partial charge in [-0.2, -0.15) is 0 Å². The van der Waals surface area contributed by atoms with E-state index in [9.17, 15) is 0 Å². The fraction of sp³-hybridized carbons (Fsp3) is 0.800. The second-order valence-electron chi connectivity index (χ2n) is 3.73. The highest BCUT2D eigenvalue weighted by Crippen LogP contribution is 2.25. The molecule has 3 nitrogen and oxygen atoms in total. The third-order valence-electron chi connectivity index (χ3n) is 2.92. The van der Waals surface area contributed by atoms with E-state index >= 15 is 0 Å². The Bertz CT molecular complexity index is 296. The summed E-state index contributed by atoms with van der Waals surface area (Å²) in [6.07, 6.45) is 2.01. The first-order valence-electron chi connectivity index (χ1n) is 5.21. The largest absolute Gasteiger partial charge is 0.299 e. The van der Waals surface area contributed by atoms with Crippen molar-refractivity contribution in [2.45, 2.75) is 46.6 Å². The highest BCUT2D eigenvalue weighted by molar-refractivity contribution is 6.28. The smallest absolute Gasteiger partial charge is 0.225 e. The molecule has 0 saturated carbocycles. The molecule has 1 heterocycles. The molecule has 0 fully saturated rings. The summed E-state index contributed by atoms with van der Waals surface area (Å²) < 4.78 is 2.04. The van der Waals surface area contributed by atoms with Crippen LogP contribution < -0.4 is 0 Å². The van der Waals surface area contributed by atoms with Crippen LogP contribution in [0.4, 0.5) is 0 Å². The van der Waals surface area contributed by atoms with Gasteiger partial charge in [0.2, 0.25) is 5.28 Å². The first-order chi connectivity index (χ1) is 6.61. The third kappa shape index (κ3) is 2.08. The molecule has 0 aliphatic heterocycles. The van der Waals surface area contributed by atoms with Gasteiger partial charge in [0.15, 0.2) is 0 Å². The highest BCUT2D eigenvalue weighted by Gasteiger charge is 2.18. The molecule has 0 aromatic carbocycles. The summed E-state index contributed by atoms with van der Waals surface area (Å²) >= 11 is 6.01. The first kappa shape index (κ1) is 11.5. The van der Waals surface area contributed by atoms with Gasteiger partial charge in [-0.25, -0.2) is 0 Å². The number of halogens is 1. The van der Waals surface area contributed by atoms with Crippen LogP contribution >= 0.6 is 11.6 Å². The van der Waals surface area contributed by atoms with Crippen LogP contribution in [0.25, 0.3) is 0 Å². The van der Waals surface area contributed by atoms with Gasteiger partial charge in [0.05, 0.1) is 0 Å². The zero-order chi connectivity index (χ0) is 10.7. The van der Waals surface area contributed by atoms with E-state index in [0.717, 1.165) is 18.7 Å². The zero-order valence-electron chi connectivity index (χ0n) is 9.29. The summed E-state index contributed by atoms with van der Waals surface area (Å²) in [7, 11) is 0. The van der Waals surface area contributed by atoms with Crippen LogP contribution in [0.3, 0.4) is 0 Å². The quantitative estimate of drug-likeness (QED) is 0.773. The maximum atomic E-state index is 6.01. The second kappa shape index (κ2) is 4.78. The number of aryl methyl sites for hydroxylation is 1. The molecule has 0 N–H and O–H groups in total. The molecule has 1 aromatic heterocycles. The fourth-order valence-electron chi connectivity index (χ4n) is 1.54. The fourth-order valence-corrected chi connectivity index (χ4v) is 1.83. The van der Waals surface area contributed by atoms with Gasteiger partial charge < -0.3 is 0 Å². The lowest BCUT2D eigenvalue weighted by Gasteiger charge is -2.21. The van der Waals surface area contributed by atoms with Gasteiger partial charge >= 0.3 is 0 Å². The Morgan fingerprint density at radius 2 is 1.93 bits per heavy atom. The van der Waals surface area contributed by atoms with Crippen LogP contribution in [0.2, 0.25) is 5.28 Å². The average Bonchev–Trinajstić information content (AvgIpc) is 2.57. The molecule has 0 aliphatic rings. The molecule has 1 rings (SSSR count). The summed E-state index contributed by atoms with van der Waals surface area (Å²) in [6, 6.07) is 0.373. The molecule has 0 bridgehead atoms. The van der Waals surface area contributed by atoms with Crippen molar-refractivity contribution in [2.24, 2.45) is 5.92 Å². The van der Waals surface area contributed by atoms with Gasteiger partial charge in [-0.15, -0.1) is 10.2 Å². The summed E-state index contributed by atoms with van der Waals surface area (Å²) in [5, 5.41) is 8.47. The minimum Gasteiger partial charge on any atom is -0.299 e. The molecular weight excluding hydrogens is 198 g/mol. The van der Waals surface area contributed by atoms with Crippen LogP contribution in [-0.2, 0) is 6.42 Å². The van der Waals surface area contributed by atoms with E-state index in [1.165, 1.54) is 0 Å². The Morgan fingerprint density at radius 1 is 1.29 bits per heavy atom. The molecule has 0 radical (unpaired) electrons. The summed E-state index contributed by atoms with van der Waals surface area (Å²) in [5.41, 5.74) is 0. The van der Waals surface area contributed by atoms with Crippen molar-refractivity contribution in [3.05, 3.63) is 11.1 Å². The van der Waals surface area contributed by atoms with Crippen molar-refractivity contribution in [3.8, 4) is 0 Å². The predicted molar refractivity (Wildman–Crippen MR) is 58.6 cm³/mol. The minimum absolute atomic E-state index is 0.373. The van der Waals surface area contributed by atoms with Crippen LogP contribution in [0.1, 0.15) is 46.0 Å². The lowest BCUT2D eigenvalue weighted by Crippen LogP contribution is -2.16. The summed E-state index contributed by atoms with van der Waals surface area (Å²) in [4.78, 5) is 0. The highest BCUT2D eigenvalue weighted by atomic mass is 35.5. The Hall–Kier alpha value is -0.570. The van der Waals surface area contributed by atoms with Crippen molar-refractivity contribution >= 4 is 11.6 Å². The van der Waals surface area contributed by atoms with Crippen molar-refractivity contribution in [2.75, 3.05) is 0 Å². The summed E-state index contributed by atoms with van der Waals surface area (Å²) in [6.45, 7) is 8.65. The number of rotatable bonds is 4. The molecule has 0 saturated heterocycles. The Morgan fingerprint density at radius 3 is 2.43 bits per heavy atom. The lowest BCUT2D eigenvalue weighted by atomic mass is 10.0. The number of hydrogen-bond donors (Lipinski definition) is 0. The van der Waals surface area contributed by atoms with E-state index in [1.807, 2.05) is 4.57 Å². The van der Waals surface area contributed by atoms with Gasteiger partial charge in [0.1, 0.15) is 5.82 Å². The van der Waals surface area contributed by atoms with E-state index in [1.54, 1.807) is 0 Å². The minimum atomic E-state index is 0.373. The topological polar surface area (TPSA) is 30.7 Å². The van der Waals surface area contributed by atoms with Crippen LogP contribution in [0.15, 0.2) is 0 Å². The van der Waals surface area contributed by atoms with Crippen molar-refractivity contribution in [1.29, 1.82) is 0 Å². The second-order valence-corrected chi connectivity index (χ2v) is 4.07. The number of hydrogen-bond acceptors (Lipinski definition) is 2. The van der Waals surface area contributed by atoms with Crippen molar-refractivity contribution in [3.63, 3.8) is 0 Å². The molecule has 2 atom stereocenters. The van der Waals surface area contributed by atoms with Gasteiger partial charge in [0.25, 0.3) is 0 Å². The zero-order valence-corrected chi connectivity index (χ0v) is 10.0. The van der Waals surface area contributed by atoms with Gasteiger partial charge in [-0.3, -0.25) is 4.57 Å². The monoisotopic (exact) mass is 215 g/mol. The SMILES string of the molecule is CCc1nnc(Cl)n1C(C)C(C)CC. The molecule has 1 aromatic rings. The van der Waals surface area contributed by atoms with Crippen molar-refractivity contribution in [1.82, 2.24) is 14.8 Å². The van der Waals surface area contributed by atoms with E-state index in [4.69, 9.17) is 11.6 Å². The Labute approximate surface area is 90.5 Å². The maximum Gasteiger partial charge on any atom is 0.225 e. The molecule has 14 heavy (non-hydrogen) atoms. The van der Waals surface area contributed by atoms with E-state index in [0.29, 0.717) is 17.2 Å². The average molecular weight is 216 g/mol. The summed E-state index contributed by atoms with van der Waals surface area (Å²) in [5.74, 6) is 1.57. The number of aromatic nitrogens is 3. The standard InChI is InChI=1S/C10H18ClN3/c1-5-7(3)8(4)14-9(6-2)12-13-10(14)11/h7-8H,5-6H2,1-4H3. The molecule has 0 spiro atoms. The molecule has 4 heteroatoms. The normalized spacial score (nSPS) is 15.5. The molecule has 0 amide bonds. The first-order valence-corrected chi connectivity index (χ1v) is 5.58. The van der Waals surface area contributed by atoms with Crippen LogP contribution in [-0.4, -0.2) is 14.8 Å². The maximum absolute atomic E-state index is 6.01. The van der Waals surface area contributed by atoms with E-state index < -0.39 is 0 Å². The Balaban J connectivity index is 2.97. The van der Waals surface area contributed by atoms with Gasteiger partial charge in [-0.1, -0.05) is 27.2 Å². The molecular formula is C10H18ClN3. The van der Waals surface area contributed by atoms with Gasteiger partial charge in [0, 0.05) is 12.5 Å². The molecule has 0 aliphatic carbocycles. The predicted octanol–water partition coefficient (Wildman–Crippen LogP) is 3.10. The van der Waals surface area contributed by atoms with Crippen LogP contribution in [0, 0.1) is 5.92 Å².